The Labute approximate surface area is 148 Å². The Morgan fingerprint density at radius 1 is 0.920 bits per heavy atom. The largest absolute Gasteiger partial charge is 0.376 e. The summed E-state index contributed by atoms with van der Waals surface area (Å²) >= 11 is 0. The molecule has 0 radical (unpaired) electrons. The molecule has 0 aliphatic carbocycles. The highest BCUT2D eigenvalue weighted by molar-refractivity contribution is 5.94. The van der Waals surface area contributed by atoms with E-state index in [1.807, 2.05) is 30.3 Å². The van der Waals surface area contributed by atoms with Gasteiger partial charge in [0, 0.05) is 24.3 Å². The third kappa shape index (κ3) is 6.67. The van der Waals surface area contributed by atoms with Crippen LogP contribution in [0.3, 0.4) is 0 Å². The molecule has 0 unspecified atom stereocenters. The molecular weight excluding hydrogens is 314 g/mol. The second-order valence-electron chi connectivity index (χ2n) is 5.80. The van der Waals surface area contributed by atoms with E-state index in [2.05, 4.69) is 22.9 Å². The molecule has 0 spiro atoms. The maximum Gasteiger partial charge on any atom is 0.251 e. The summed E-state index contributed by atoms with van der Waals surface area (Å²) in [6, 6.07) is 16.9. The number of anilines is 1. The van der Waals surface area contributed by atoms with Crippen LogP contribution in [0.25, 0.3) is 0 Å². The number of carbonyl (C=O) groups excluding carboxylic acids is 2. The highest BCUT2D eigenvalue weighted by atomic mass is 16.2. The van der Waals surface area contributed by atoms with Gasteiger partial charge in [-0.3, -0.25) is 9.59 Å². The molecule has 0 aliphatic heterocycles. The van der Waals surface area contributed by atoms with Crippen molar-refractivity contribution < 1.29 is 9.59 Å². The Morgan fingerprint density at radius 3 is 2.32 bits per heavy atom. The van der Waals surface area contributed by atoms with E-state index in [0.717, 1.165) is 24.1 Å². The SMILES string of the molecule is CCCCNC(=O)c1ccc(NCC(=O)NCc2ccccc2)cc1. The zero-order valence-corrected chi connectivity index (χ0v) is 14.5. The minimum atomic E-state index is -0.0785. The van der Waals surface area contributed by atoms with Crippen molar-refractivity contribution in [1.29, 1.82) is 0 Å². The van der Waals surface area contributed by atoms with E-state index in [1.165, 1.54) is 0 Å². The predicted molar refractivity (Wildman–Crippen MR) is 100 cm³/mol. The normalized spacial score (nSPS) is 10.1. The van der Waals surface area contributed by atoms with Crippen molar-refractivity contribution >= 4 is 17.5 Å². The first-order valence-corrected chi connectivity index (χ1v) is 8.62. The van der Waals surface area contributed by atoms with Gasteiger partial charge in [-0.05, 0) is 36.2 Å². The summed E-state index contributed by atoms with van der Waals surface area (Å²) < 4.78 is 0. The second kappa shape index (κ2) is 10.1. The molecule has 2 amide bonds. The Kier molecular flexibility index (Phi) is 7.50. The quantitative estimate of drug-likeness (QED) is 0.615. The highest BCUT2D eigenvalue weighted by Gasteiger charge is 2.05. The molecule has 0 bridgehead atoms. The van der Waals surface area contributed by atoms with E-state index in [0.29, 0.717) is 18.7 Å². The minimum absolute atomic E-state index is 0.0689. The number of carbonyl (C=O) groups is 2. The smallest absolute Gasteiger partial charge is 0.251 e. The van der Waals surface area contributed by atoms with Crippen LogP contribution < -0.4 is 16.0 Å². The van der Waals surface area contributed by atoms with Crippen LogP contribution in [0.5, 0.6) is 0 Å². The molecule has 2 rings (SSSR count). The minimum Gasteiger partial charge on any atom is -0.376 e. The molecule has 0 heterocycles. The summed E-state index contributed by atoms with van der Waals surface area (Å²) in [5.74, 6) is -0.147. The second-order valence-corrected chi connectivity index (χ2v) is 5.80. The number of unbranched alkanes of at least 4 members (excludes halogenated alkanes) is 1. The van der Waals surface area contributed by atoms with E-state index in [-0.39, 0.29) is 18.4 Å². The number of rotatable bonds is 9. The monoisotopic (exact) mass is 339 g/mol. The standard InChI is InChI=1S/C20H25N3O2/c1-2-3-13-21-20(25)17-9-11-18(12-10-17)22-15-19(24)23-14-16-7-5-4-6-8-16/h4-12,22H,2-3,13-15H2,1H3,(H,21,25)(H,23,24). The topological polar surface area (TPSA) is 70.2 Å². The van der Waals surface area contributed by atoms with Gasteiger partial charge < -0.3 is 16.0 Å². The summed E-state index contributed by atoms with van der Waals surface area (Å²) in [7, 11) is 0. The van der Waals surface area contributed by atoms with Gasteiger partial charge in [-0.15, -0.1) is 0 Å². The van der Waals surface area contributed by atoms with E-state index >= 15 is 0 Å². The van der Waals surface area contributed by atoms with Gasteiger partial charge in [-0.25, -0.2) is 0 Å². The summed E-state index contributed by atoms with van der Waals surface area (Å²) in [6.45, 7) is 3.48. The summed E-state index contributed by atoms with van der Waals surface area (Å²) in [5, 5.41) is 8.80. The van der Waals surface area contributed by atoms with Crippen molar-refractivity contribution in [3.8, 4) is 0 Å². The van der Waals surface area contributed by atoms with Crippen molar-refractivity contribution in [3.05, 3.63) is 65.7 Å². The molecular formula is C20H25N3O2. The molecule has 5 nitrogen and oxygen atoms in total. The molecule has 132 valence electrons. The van der Waals surface area contributed by atoms with Crippen LogP contribution >= 0.6 is 0 Å². The fourth-order valence-corrected chi connectivity index (χ4v) is 2.26. The molecule has 0 saturated carbocycles. The van der Waals surface area contributed by atoms with Gasteiger partial charge in [0.1, 0.15) is 0 Å². The lowest BCUT2D eigenvalue weighted by Gasteiger charge is -2.09. The van der Waals surface area contributed by atoms with E-state index in [4.69, 9.17) is 0 Å². The fourth-order valence-electron chi connectivity index (χ4n) is 2.26. The van der Waals surface area contributed by atoms with Crippen molar-refractivity contribution in [2.24, 2.45) is 0 Å². The van der Waals surface area contributed by atoms with Crippen LogP contribution in [0, 0.1) is 0 Å². The number of amides is 2. The first-order chi connectivity index (χ1) is 12.2. The van der Waals surface area contributed by atoms with Crippen molar-refractivity contribution in [2.75, 3.05) is 18.4 Å². The summed E-state index contributed by atoms with van der Waals surface area (Å²) in [4.78, 5) is 23.8. The van der Waals surface area contributed by atoms with Crippen LogP contribution in [0.1, 0.15) is 35.7 Å². The molecule has 0 saturated heterocycles. The van der Waals surface area contributed by atoms with E-state index in [1.54, 1.807) is 24.3 Å². The molecule has 5 heteroatoms. The molecule has 0 aliphatic rings. The number of nitrogens with one attached hydrogen (secondary N) is 3. The van der Waals surface area contributed by atoms with Crippen LogP contribution in [0.15, 0.2) is 54.6 Å². The maximum absolute atomic E-state index is 11.9. The Hall–Kier alpha value is -2.82. The van der Waals surface area contributed by atoms with Crippen molar-refractivity contribution in [2.45, 2.75) is 26.3 Å². The maximum atomic E-state index is 11.9. The molecule has 2 aromatic carbocycles. The Balaban J connectivity index is 1.73. The van der Waals surface area contributed by atoms with Gasteiger partial charge in [0.05, 0.1) is 6.54 Å². The Bertz CT molecular complexity index is 669. The first kappa shape index (κ1) is 18.5. The average Bonchev–Trinajstić information content (AvgIpc) is 2.66. The third-order valence-electron chi connectivity index (χ3n) is 3.75. The predicted octanol–water partition coefficient (Wildman–Crippen LogP) is 2.94. The van der Waals surface area contributed by atoms with Crippen LogP contribution in [-0.2, 0) is 11.3 Å². The van der Waals surface area contributed by atoms with Crippen LogP contribution in [0.4, 0.5) is 5.69 Å². The van der Waals surface area contributed by atoms with Gasteiger partial charge in [0.15, 0.2) is 0 Å². The van der Waals surface area contributed by atoms with Crippen LogP contribution in [0.2, 0.25) is 0 Å². The number of benzene rings is 2. The molecule has 0 aromatic heterocycles. The Morgan fingerprint density at radius 2 is 1.64 bits per heavy atom. The zero-order valence-electron chi connectivity index (χ0n) is 14.5. The summed E-state index contributed by atoms with van der Waals surface area (Å²) in [6.07, 6.45) is 2.03. The summed E-state index contributed by atoms with van der Waals surface area (Å²) in [5.41, 5.74) is 2.49. The lowest BCUT2D eigenvalue weighted by Crippen LogP contribution is -2.29. The number of hydrogen-bond acceptors (Lipinski definition) is 3. The third-order valence-corrected chi connectivity index (χ3v) is 3.75. The van der Waals surface area contributed by atoms with Gasteiger partial charge in [-0.2, -0.15) is 0 Å². The van der Waals surface area contributed by atoms with Crippen molar-refractivity contribution in [1.82, 2.24) is 10.6 Å². The first-order valence-electron chi connectivity index (χ1n) is 8.62. The molecule has 25 heavy (non-hydrogen) atoms. The fraction of sp³-hybridized carbons (Fsp3) is 0.300. The van der Waals surface area contributed by atoms with Crippen molar-refractivity contribution in [3.63, 3.8) is 0 Å². The zero-order chi connectivity index (χ0) is 17.9. The van der Waals surface area contributed by atoms with E-state index in [9.17, 15) is 9.59 Å². The average molecular weight is 339 g/mol. The lowest BCUT2D eigenvalue weighted by molar-refractivity contribution is -0.119. The van der Waals surface area contributed by atoms with Gasteiger partial charge in [0.2, 0.25) is 5.91 Å². The van der Waals surface area contributed by atoms with Gasteiger partial charge >= 0.3 is 0 Å². The van der Waals surface area contributed by atoms with Gasteiger partial charge in [-0.1, -0.05) is 43.7 Å². The molecule has 0 fully saturated rings. The molecule has 3 N–H and O–H groups in total. The van der Waals surface area contributed by atoms with E-state index < -0.39 is 0 Å². The van der Waals surface area contributed by atoms with Crippen LogP contribution in [-0.4, -0.2) is 24.9 Å². The molecule has 2 aromatic rings. The molecule has 0 atom stereocenters. The highest BCUT2D eigenvalue weighted by Crippen LogP contribution is 2.09. The van der Waals surface area contributed by atoms with Gasteiger partial charge in [0.25, 0.3) is 5.91 Å². The number of hydrogen-bond donors (Lipinski definition) is 3. The lowest BCUT2D eigenvalue weighted by atomic mass is 10.2.